The molecule has 0 saturated carbocycles. The third kappa shape index (κ3) is 2.01. The SMILES string of the molecule is CCc1cc(Br)cc2cc(C)c(Cl)nc12. The van der Waals surface area contributed by atoms with Gasteiger partial charge in [0.2, 0.25) is 0 Å². The molecule has 0 atom stereocenters. The number of nitrogens with zero attached hydrogens (tertiary/aromatic N) is 1. The van der Waals surface area contributed by atoms with Crippen molar-refractivity contribution in [1.82, 2.24) is 4.98 Å². The van der Waals surface area contributed by atoms with Gasteiger partial charge in [-0.2, -0.15) is 0 Å². The molecule has 0 bridgehead atoms. The first-order valence-corrected chi connectivity index (χ1v) is 6.04. The molecule has 0 fully saturated rings. The molecular formula is C12H11BrClN. The number of rotatable bonds is 1. The van der Waals surface area contributed by atoms with Crippen LogP contribution in [0.4, 0.5) is 0 Å². The molecule has 78 valence electrons. The summed E-state index contributed by atoms with van der Waals surface area (Å²) in [6, 6.07) is 6.25. The van der Waals surface area contributed by atoms with Crippen LogP contribution in [0, 0.1) is 6.92 Å². The van der Waals surface area contributed by atoms with Crippen molar-refractivity contribution in [2.75, 3.05) is 0 Å². The van der Waals surface area contributed by atoms with Gasteiger partial charge in [-0.05, 0) is 42.7 Å². The van der Waals surface area contributed by atoms with E-state index < -0.39 is 0 Å². The van der Waals surface area contributed by atoms with E-state index in [9.17, 15) is 0 Å². The maximum absolute atomic E-state index is 6.03. The summed E-state index contributed by atoms with van der Waals surface area (Å²) in [5.41, 5.74) is 3.25. The van der Waals surface area contributed by atoms with Crippen LogP contribution in [0.15, 0.2) is 22.7 Å². The van der Waals surface area contributed by atoms with Crippen LogP contribution in [-0.4, -0.2) is 4.98 Å². The molecule has 0 aliphatic carbocycles. The average Bonchev–Trinajstić information content (AvgIpc) is 2.19. The van der Waals surface area contributed by atoms with Crippen LogP contribution in [-0.2, 0) is 6.42 Å². The summed E-state index contributed by atoms with van der Waals surface area (Å²) >= 11 is 9.54. The van der Waals surface area contributed by atoms with Gasteiger partial charge in [0.15, 0.2) is 0 Å². The monoisotopic (exact) mass is 283 g/mol. The lowest BCUT2D eigenvalue weighted by atomic mass is 10.1. The quantitative estimate of drug-likeness (QED) is 0.702. The van der Waals surface area contributed by atoms with Crippen LogP contribution in [0.2, 0.25) is 5.15 Å². The van der Waals surface area contributed by atoms with Crippen molar-refractivity contribution >= 4 is 38.4 Å². The molecule has 0 saturated heterocycles. The number of fused-ring (bicyclic) bond motifs is 1. The second kappa shape index (κ2) is 4.11. The second-order valence-electron chi connectivity index (χ2n) is 3.59. The van der Waals surface area contributed by atoms with Gasteiger partial charge in [-0.15, -0.1) is 0 Å². The minimum atomic E-state index is 0.597. The molecule has 0 unspecified atom stereocenters. The molecule has 0 radical (unpaired) electrons. The van der Waals surface area contributed by atoms with Crippen molar-refractivity contribution in [2.45, 2.75) is 20.3 Å². The van der Waals surface area contributed by atoms with Gasteiger partial charge in [-0.3, -0.25) is 0 Å². The number of hydrogen-bond acceptors (Lipinski definition) is 1. The zero-order valence-electron chi connectivity index (χ0n) is 8.64. The van der Waals surface area contributed by atoms with Crippen LogP contribution in [0.5, 0.6) is 0 Å². The molecule has 0 spiro atoms. The van der Waals surface area contributed by atoms with Gasteiger partial charge in [-0.25, -0.2) is 4.98 Å². The molecule has 0 amide bonds. The van der Waals surface area contributed by atoms with E-state index in [2.05, 4.69) is 46.0 Å². The molecule has 0 N–H and O–H groups in total. The van der Waals surface area contributed by atoms with E-state index >= 15 is 0 Å². The summed E-state index contributed by atoms with van der Waals surface area (Å²) in [5, 5.41) is 1.74. The predicted octanol–water partition coefficient (Wildman–Crippen LogP) is 4.52. The first-order valence-electron chi connectivity index (χ1n) is 4.87. The van der Waals surface area contributed by atoms with Crippen molar-refractivity contribution in [3.63, 3.8) is 0 Å². The summed E-state index contributed by atoms with van der Waals surface area (Å²) in [6.07, 6.45) is 0.961. The summed E-state index contributed by atoms with van der Waals surface area (Å²) in [7, 11) is 0. The predicted molar refractivity (Wildman–Crippen MR) is 68.6 cm³/mol. The highest BCUT2D eigenvalue weighted by atomic mass is 79.9. The van der Waals surface area contributed by atoms with E-state index in [4.69, 9.17) is 11.6 Å². The lowest BCUT2D eigenvalue weighted by molar-refractivity contribution is 1.14. The molecule has 3 heteroatoms. The van der Waals surface area contributed by atoms with Gasteiger partial charge in [0.25, 0.3) is 0 Å². The number of halogens is 2. The van der Waals surface area contributed by atoms with E-state index in [1.807, 2.05) is 6.92 Å². The van der Waals surface area contributed by atoms with Gasteiger partial charge in [0.05, 0.1) is 5.52 Å². The number of hydrogen-bond donors (Lipinski definition) is 0. The van der Waals surface area contributed by atoms with Gasteiger partial charge < -0.3 is 0 Å². The Bertz CT molecular complexity index is 523. The molecule has 1 aromatic heterocycles. The minimum Gasteiger partial charge on any atom is -0.236 e. The standard InChI is InChI=1S/C12H11BrClN/c1-3-8-5-10(13)6-9-4-7(2)12(14)15-11(8)9/h4-6H,3H2,1-2H3. The van der Waals surface area contributed by atoms with E-state index in [0.717, 1.165) is 27.4 Å². The zero-order chi connectivity index (χ0) is 11.0. The maximum atomic E-state index is 6.03. The lowest BCUT2D eigenvalue weighted by Gasteiger charge is -2.07. The molecular weight excluding hydrogens is 273 g/mol. The van der Waals surface area contributed by atoms with E-state index in [1.165, 1.54) is 5.56 Å². The first-order chi connectivity index (χ1) is 7.11. The Morgan fingerprint density at radius 1 is 1.33 bits per heavy atom. The topological polar surface area (TPSA) is 12.9 Å². The van der Waals surface area contributed by atoms with Crippen LogP contribution in [0.25, 0.3) is 10.9 Å². The highest BCUT2D eigenvalue weighted by molar-refractivity contribution is 9.10. The number of benzene rings is 1. The highest BCUT2D eigenvalue weighted by Crippen LogP contribution is 2.26. The summed E-state index contributed by atoms with van der Waals surface area (Å²) < 4.78 is 1.09. The third-order valence-corrected chi connectivity index (χ3v) is 3.31. The Hall–Kier alpha value is -0.600. The fourth-order valence-electron chi connectivity index (χ4n) is 1.67. The molecule has 2 rings (SSSR count). The molecule has 0 aliphatic heterocycles. The van der Waals surface area contributed by atoms with E-state index in [0.29, 0.717) is 5.15 Å². The van der Waals surface area contributed by atoms with Crippen LogP contribution >= 0.6 is 27.5 Å². The van der Waals surface area contributed by atoms with Crippen molar-refractivity contribution in [1.29, 1.82) is 0 Å². The van der Waals surface area contributed by atoms with Gasteiger partial charge in [0, 0.05) is 9.86 Å². The Balaban J connectivity index is 2.84. The Labute approximate surface area is 103 Å². The third-order valence-electron chi connectivity index (χ3n) is 2.47. The Kier molecular flexibility index (Phi) is 2.98. The maximum Gasteiger partial charge on any atom is 0.132 e. The second-order valence-corrected chi connectivity index (χ2v) is 4.86. The Morgan fingerprint density at radius 3 is 2.73 bits per heavy atom. The summed E-state index contributed by atoms with van der Waals surface area (Å²) in [5.74, 6) is 0. The lowest BCUT2D eigenvalue weighted by Crippen LogP contribution is -1.90. The van der Waals surface area contributed by atoms with Crippen molar-refractivity contribution in [3.8, 4) is 0 Å². The zero-order valence-corrected chi connectivity index (χ0v) is 11.0. The molecule has 1 heterocycles. The fourth-order valence-corrected chi connectivity index (χ4v) is 2.34. The number of aromatic nitrogens is 1. The molecule has 0 aliphatic rings. The van der Waals surface area contributed by atoms with Crippen LogP contribution in [0.3, 0.4) is 0 Å². The molecule has 2 aromatic rings. The smallest absolute Gasteiger partial charge is 0.132 e. The van der Waals surface area contributed by atoms with Gasteiger partial charge >= 0.3 is 0 Å². The summed E-state index contributed by atoms with van der Waals surface area (Å²) in [6.45, 7) is 4.10. The van der Waals surface area contributed by atoms with Crippen LogP contribution in [0.1, 0.15) is 18.1 Å². The first kappa shape index (κ1) is 10.9. The molecule has 1 aromatic carbocycles. The normalized spacial score (nSPS) is 10.9. The summed E-state index contributed by atoms with van der Waals surface area (Å²) in [4.78, 5) is 4.43. The average molecular weight is 285 g/mol. The van der Waals surface area contributed by atoms with Gasteiger partial charge in [0.1, 0.15) is 5.15 Å². The van der Waals surface area contributed by atoms with E-state index in [1.54, 1.807) is 0 Å². The Morgan fingerprint density at radius 2 is 2.07 bits per heavy atom. The highest BCUT2D eigenvalue weighted by Gasteiger charge is 2.06. The van der Waals surface area contributed by atoms with E-state index in [-0.39, 0.29) is 0 Å². The number of aryl methyl sites for hydroxylation is 2. The number of pyridine rings is 1. The van der Waals surface area contributed by atoms with Gasteiger partial charge in [-0.1, -0.05) is 34.5 Å². The fraction of sp³-hybridized carbons (Fsp3) is 0.250. The molecule has 1 nitrogen and oxygen atoms in total. The largest absolute Gasteiger partial charge is 0.236 e. The van der Waals surface area contributed by atoms with Crippen molar-refractivity contribution in [2.24, 2.45) is 0 Å². The van der Waals surface area contributed by atoms with Crippen LogP contribution < -0.4 is 0 Å². The minimum absolute atomic E-state index is 0.597. The van der Waals surface area contributed by atoms with Crippen molar-refractivity contribution < 1.29 is 0 Å². The molecule has 15 heavy (non-hydrogen) atoms. The van der Waals surface area contributed by atoms with Crippen molar-refractivity contribution in [3.05, 3.63) is 39.0 Å².